The molecule has 28 heavy (non-hydrogen) atoms. The Balaban J connectivity index is 1.41. The number of hydrogen-bond donors (Lipinski definition) is 0. The zero-order valence-electron chi connectivity index (χ0n) is 18.0. The van der Waals surface area contributed by atoms with E-state index in [1.807, 2.05) is 0 Å². The summed E-state index contributed by atoms with van der Waals surface area (Å²) in [5.41, 5.74) is 5.85. The molecule has 0 heterocycles. The van der Waals surface area contributed by atoms with Gasteiger partial charge in [-0.05, 0) is 78.0 Å². The largest absolute Gasteiger partial charge is 0.0651 e. The molecule has 0 heteroatoms. The van der Waals surface area contributed by atoms with Crippen LogP contribution in [-0.4, -0.2) is 0 Å². The fourth-order valence-electron chi connectivity index (χ4n) is 5.61. The molecule has 2 atom stereocenters. The van der Waals surface area contributed by atoms with Crippen molar-refractivity contribution >= 4 is 0 Å². The topological polar surface area (TPSA) is 0 Å². The van der Waals surface area contributed by atoms with Gasteiger partial charge in [0.2, 0.25) is 0 Å². The predicted molar refractivity (Wildman–Crippen MR) is 122 cm³/mol. The smallest absolute Gasteiger partial charge is 0.0162 e. The molecule has 150 valence electrons. The lowest BCUT2D eigenvalue weighted by atomic mass is 9.79. The summed E-state index contributed by atoms with van der Waals surface area (Å²) in [6.45, 7) is 4.76. The maximum atomic E-state index is 2.41. The van der Waals surface area contributed by atoms with Gasteiger partial charge in [-0.15, -0.1) is 0 Å². The maximum absolute atomic E-state index is 2.41. The van der Waals surface area contributed by atoms with Crippen LogP contribution in [0.3, 0.4) is 0 Å². The van der Waals surface area contributed by atoms with Crippen molar-refractivity contribution < 1.29 is 0 Å². The Morgan fingerprint density at radius 2 is 1.11 bits per heavy atom. The van der Waals surface area contributed by atoms with Crippen LogP contribution in [0, 0.1) is 11.8 Å². The van der Waals surface area contributed by atoms with Crippen LogP contribution >= 0.6 is 0 Å². The summed E-state index contributed by atoms with van der Waals surface area (Å²) < 4.78 is 0. The highest BCUT2D eigenvalue weighted by Gasteiger charge is 2.20. The van der Waals surface area contributed by atoms with Crippen LogP contribution in [0.1, 0.15) is 101 Å². The molecule has 2 aromatic rings. The summed E-state index contributed by atoms with van der Waals surface area (Å²) in [5, 5.41) is 0. The molecule has 0 nitrogen and oxygen atoms in total. The molecule has 2 saturated carbocycles. The van der Waals surface area contributed by atoms with Gasteiger partial charge in [0.05, 0.1) is 0 Å². The number of hydrogen-bond acceptors (Lipinski definition) is 0. The summed E-state index contributed by atoms with van der Waals surface area (Å²) in [5.74, 6) is 3.46. The fraction of sp³-hybridized carbons (Fsp3) is 0.571. The quantitative estimate of drug-likeness (QED) is 0.469. The molecule has 0 aliphatic heterocycles. The summed E-state index contributed by atoms with van der Waals surface area (Å²) in [4.78, 5) is 0. The molecule has 0 amide bonds. The summed E-state index contributed by atoms with van der Waals surface area (Å²) in [7, 11) is 0. The molecule has 0 saturated heterocycles. The Hall–Kier alpha value is -1.56. The predicted octanol–water partition coefficient (Wildman–Crippen LogP) is 8.72. The molecule has 0 spiro atoms. The average molecular weight is 375 g/mol. The second kappa shape index (κ2) is 9.29. The lowest BCUT2D eigenvalue weighted by molar-refractivity contribution is 0.348. The average Bonchev–Trinajstić information content (AvgIpc) is 3.00. The summed E-state index contributed by atoms with van der Waals surface area (Å²) >= 11 is 0. The molecule has 2 aromatic carbocycles. The zero-order chi connectivity index (χ0) is 19.3. The summed E-state index contributed by atoms with van der Waals surface area (Å²) in [6.07, 6.45) is 13.9. The van der Waals surface area contributed by atoms with E-state index in [1.165, 1.54) is 75.3 Å². The lowest BCUT2D eigenvalue weighted by Gasteiger charge is -2.26. The highest BCUT2D eigenvalue weighted by molar-refractivity contribution is 5.64. The van der Waals surface area contributed by atoms with Crippen LogP contribution in [0.4, 0.5) is 0 Å². The van der Waals surface area contributed by atoms with Crippen molar-refractivity contribution in [1.82, 2.24) is 0 Å². The molecular formula is C28H38. The third kappa shape index (κ3) is 4.70. The van der Waals surface area contributed by atoms with E-state index in [0.29, 0.717) is 0 Å². The van der Waals surface area contributed by atoms with Crippen LogP contribution in [0.5, 0.6) is 0 Å². The van der Waals surface area contributed by atoms with E-state index in [1.54, 1.807) is 11.1 Å². The minimum atomic E-state index is 0.779. The van der Waals surface area contributed by atoms with Gasteiger partial charge in [-0.1, -0.05) is 94.5 Å². The molecular weight excluding hydrogens is 336 g/mol. The van der Waals surface area contributed by atoms with Gasteiger partial charge in [0.1, 0.15) is 0 Å². The van der Waals surface area contributed by atoms with Crippen LogP contribution in [0.15, 0.2) is 48.5 Å². The molecule has 2 fully saturated rings. The maximum Gasteiger partial charge on any atom is -0.0162 e. The van der Waals surface area contributed by atoms with Crippen LogP contribution in [0.25, 0.3) is 11.1 Å². The lowest BCUT2D eigenvalue weighted by Crippen LogP contribution is -2.10. The number of benzene rings is 2. The number of rotatable bonds is 4. The van der Waals surface area contributed by atoms with E-state index < -0.39 is 0 Å². The highest BCUT2D eigenvalue weighted by Crippen LogP contribution is 2.37. The first kappa shape index (κ1) is 19.7. The van der Waals surface area contributed by atoms with Crippen molar-refractivity contribution in [3.8, 4) is 11.1 Å². The standard InChI is InChI=1S/C28H38/c1-3-22-5-4-6-23(12-9-22)25-13-15-27(16-14-25)28-19-17-26(18-20-28)24-10-7-21(2)8-11-24/h13-24H,3-12H2,1-2H3. The van der Waals surface area contributed by atoms with Crippen LogP contribution in [-0.2, 0) is 0 Å². The molecule has 0 aromatic heterocycles. The van der Waals surface area contributed by atoms with Gasteiger partial charge >= 0.3 is 0 Å². The van der Waals surface area contributed by atoms with Gasteiger partial charge < -0.3 is 0 Å². The molecule has 4 rings (SSSR count). The van der Waals surface area contributed by atoms with Gasteiger partial charge in [0.25, 0.3) is 0 Å². The fourth-order valence-corrected chi connectivity index (χ4v) is 5.61. The minimum Gasteiger partial charge on any atom is -0.0651 e. The van der Waals surface area contributed by atoms with E-state index in [4.69, 9.17) is 0 Å². The second-order valence-corrected chi connectivity index (χ2v) is 9.68. The molecule has 2 aliphatic rings. The van der Waals surface area contributed by atoms with E-state index >= 15 is 0 Å². The Labute approximate surface area is 172 Å². The highest BCUT2D eigenvalue weighted by atomic mass is 14.3. The van der Waals surface area contributed by atoms with E-state index in [9.17, 15) is 0 Å². The van der Waals surface area contributed by atoms with Crippen LogP contribution < -0.4 is 0 Å². The Kier molecular flexibility index (Phi) is 6.55. The van der Waals surface area contributed by atoms with E-state index in [2.05, 4.69) is 62.4 Å². The van der Waals surface area contributed by atoms with Gasteiger partial charge in [0, 0.05) is 0 Å². The van der Waals surface area contributed by atoms with Gasteiger partial charge in [-0.2, -0.15) is 0 Å². The Morgan fingerprint density at radius 1 is 0.607 bits per heavy atom. The van der Waals surface area contributed by atoms with Gasteiger partial charge in [-0.3, -0.25) is 0 Å². The molecule has 0 N–H and O–H groups in total. The summed E-state index contributed by atoms with van der Waals surface area (Å²) in [6, 6.07) is 19.0. The van der Waals surface area contributed by atoms with Crippen molar-refractivity contribution in [3.63, 3.8) is 0 Å². The van der Waals surface area contributed by atoms with Crippen molar-refractivity contribution in [1.29, 1.82) is 0 Å². The first-order chi connectivity index (χ1) is 13.7. The normalized spacial score (nSPS) is 28.6. The minimum absolute atomic E-state index is 0.779. The van der Waals surface area contributed by atoms with Crippen molar-refractivity contribution in [2.75, 3.05) is 0 Å². The van der Waals surface area contributed by atoms with E-state index in [0.717, 1.165) is 23.7 Å². The zero-order valence-corrected chi connectivity index (χ0v) is 18.0. The first-order valence-corrected chi connectivity index (χ1v) is 11.9. The first-order valence-electron chi connectivity index (χ1n) is 11.9. The monoisotopic (exact) mass is 374 g/mol. The van der Waals surface area contributed by atoms with Gasteiger partial charge in [0.15, 0.2) is 0 Å². The van der Waals surface area contributed by atoms with E-state index in [-0.39, 0.29) is 0 Å². The van der Waals surface area contributed by atoms with Crippen molar-refractivity contribution in [2.45, 2.75) is 89.9 Å². The molecule has 0 bridgehead atoms. The third-order valence-electron chi connectivity index (χ3n) is 7.78. The van der Waals surface area contributed by atoms with Crippen molar-refractivity contribution in [3.05, 3.63) is 59.7 Å². The van der Waals surface area contributed by atoms with Crippen molar-refractivity contribution in [2.24, 2.45) is 11.8 Å². The Bertz CT molecular complexity index is 716. The van der Waals surface area contributed by atoms with Gasteiger partial charge in [-0.25, -0.2) is 0 Å². The molecule has 2 unspecified atom stereocenters. The molecule has 0 radical (unpaired) electrons. The second-order valence-electron chi connectivity index (χ2n) is 9.68. The Morgan fingerprint density at radius 3 is 1.64 bits per heavy atom. The molecule has 2 aliphatic carbocycles. The van der Waals surface area contributed by atoms with Crippen LogP contribution in [0.2, 0.25) is 0 Å². The SMILES string of the molecule is CCC1CCCC(c2ccc(-c3ccc(C4CCC(C)CC4)cc3)cc2)CC1. The third-order valence-corrected chi connectivity index (χ3v) is 7.78.